The second kappa shape index (κ2) is 25.5. The molecule has 0 atom stereocenters. The van der Waals surface area contributed by atoms with Crippen molar-refractivity contribution in [3.05, 3.63) is 0 Å². The molecule has 0 fully saturated rings. The molecule has 0 amide bonds. The molecule has 0 unspecified atom stereocenters. The standard InChI is InChI=1S/C2H7P.C2H6/c1-3-2;1-2/h3H,1-2H3;1-2H3. The molecule has 0 aliphatic heterocycles. The van der Waals surface area contributed by atoms with E-state index < -0.39 is 0 Å². The van der Waals surface area contributed by atoms with Crippen molar-refractivity contribution in [3.63, 3.8) is 0 Å². The van der Waals surface area contributed by atoms with Gasteiger partial charge in [0.15, 0.2) is 0 Å². The third-order valence-electron chi connectivity index (χ3n) is 0. The quantitative estimate of drug-likeness (QED) is 0.400. The van der Waals surface area contributed by atoms with Crippen molar-refractivity contribution >= 4 is 8.58 Å². The maximum Gasteiger partial charge on any atom is -0.0475 e. The van der Waals surface area contributed by atoms with Gasteiger partial charge in [-0.1, -0.05) is 13.8 Å². The Labute approximate surface area is 36.8 Å². The lowest BCUT2D eigenvalue weighted by molar-refractivity contribution is 1.50. The van der Waals surface area contributed by atoms with Crippen LogP contribution in [0.3, 0.4) is 0 Å². The number of hydrogen-bond donors (Lipinski definition) is 0. The maximum absolute atomic E-state index is 2.15. The van der Waals surface area contributed by atoms with Crippen molar-refractivity contribution in [1.82, 2.24) is 0 Å². The Kier molecular flexibility index (Phi) is 46.2. The third kappa shape index (κ3) is 141. The van der Waals surface area contributed by atoms with Crippen LogP contribution in [-0.2, 0) is 0 Å². The van der Waals surface area contributed by atoms with E-state index >= 15 is 0 Å². The molecule has 0 nitrogen and oxygen atoms in total. The molecule has 0 bridgehead atoms. The molecule has 0 aromatic carbocycles. The highest BCUT2D eigenvalue weighted by atomic mass is 31.1. The maximum atomic E-state index is 2.15. The van der Waals surface area contributed by atoms with E-state index in [0.717, 1.165) is 8.58 Å². The van der Waals surface area contributed by atoms with E-state index in [4.69, 9.17) is 0 Å². The predicted octanol–water partition coefficient (Wildman–Crippen LogP) is 1.95. The fourth-order valence-electron chi connectivity index (χ4n) is 0. The molecule has 0 aromatic rings. The first-order chi connectivity index (χ1) is 2.41. The zero-order valence-corrected chi connectivity index (χ0v) is 5.50. The summed E-state index contributed by atoms with van der Waals surface area (Å²) >= 11 is 0. The number of rotatable bonds is 0. The normalized spacial score (nSPS) is 4.80. The van der Waals surface area contributed by atoms with Gasteiger partial charge in [-0.2, -0.15) is 0 Å². The van der Waals surface area contributed by atoms with Crippen LogP contribution < -0.4 is 0 Å². The zero-order valence-electron chi connectivity index (χ0n) is 4.50. The van der Waals surface area contributed by atoms with Crippen molar-refractivity contribution < 1.29 is 0 Å². The van der Waals surface area contributed by atoms with E-state index in [2.05, 4.69) is 13.3 Å². The molecule has 1 heteroatoms. The summed E-state index contributed by atoms with van der Waals surface area (Å²) in [5, 5.41) is 0. The minimum Gasteiger partial charge on any atom is -0.129 e. The molecule has 0 N–H and O–H groups in total. The second-order valence-corrected chi connectivity index (χ2v) is 1.50. The van der Waals surface area contributed by atoms with Gasteiger partial charge in [-0.3, -0.25) is 0 Å². The van der Waals surface area contributed by atoms with E-state index in [1.807, 2.05) is 13.8 Å². The zero-order chi connectivity index (χ0) is 4.71. The molecular weight excluding hydrogens is 79.0 g/mol. The molecule has 0 radical (unpaired) electrons. The lowest BCUT2D eigenvalue weighted by Crippen LogP contribution is -1.18. The Morgan fingerprint density at radius 1 is 1.00 bits per heavy atom. The van der Waals surface area contributed by atoms with Crippen LogP contribution in [0.25, 0.3) is 0 Å². The van der Waals surface area contributed by atoms with Gasteiger partial charge < -0.3 is 0 Å². The van der Waals surface area contributed by atoms with Gasteiger partial charge in [-0.05, 0) is 13.3 Å². The molecular formula is C4H13P. The van der Waals surface area contributed by atoms with Gasteiger partial charge in [0.2, 0.25) is 0 Å². The minimum absolute atomic E-state index is 1.08. The van der Waals surface area contributed by atoms with E-state index in [1.54, 1.807) is 0 Å². The topological polar surface area (TPSA) is 0 Å². The summed E-state index contributed by atoms with van der Waals surface area (Å²) in [7, 11) is 1.08. The predicted molar refractivity (Wildman–Crippen MR) is 31.5 cm³/mol. The highest BCUT2D eigenvalue weighted by molar-refractivity contribution is 7.35. The molecule has 0 aromatic heterocycles. The van der Waals surface area contributed by atoms with Crippen LogP contribution >= 0.6 is 8.58 Å². The van der Waals surface area contributed by atoms with Gasteiger partial charge in [-0.25, -0.2) is 0 Å². The Balaban J connectivity index is 0. The lowest BCUT2D eigenvalue weighted by Gasteiger charge is -1.50. The Morgan fingerprint density at radius 3 is 1.00 bits per heavy atom. The summed E-state index contributed by atoms with van der Waals surface area (Å²) in [5.41, 5.74) is 0. The third-order valence-corrected chi connectivity index (χ3v) is 0. The first-order valence-electron chi connectivity index (χ1n) is 2.00. The van der Waals surface area contributed by atoms with E-state index in [9.17, 15) is 0 Å². The van der Waals surface area contributed by atoms with E-state index in [1.165, 1.54) is 0 Å². The van der Waals surface area contributed by atoms with Gasteiger partial charge in [-0.15, -0.1) is 8.58 Å². The van der Waals surface area contributed by atoms with Gasteiger partial charge in [0.25, 0.3) is 0 Å². The summed E-state index contributed by atoms with van der Waals surface area (Å²) in [6, 6.07) is 0. The molecule has 0 aliphatic rings. The average molecular weight is 92.1 g/mol. The lowest BCUT2D eigenvalue weighted by atomic mass is 11.0. The van der Waals surface area contributed by atoms with E-state index in [0.29, 0.717) is 0 Å². The van der Waals surface area contributed by atoms with E-state index in [-0.39, 0.29) is 0 Å². The van der Waals surface area contributed by atoms with Crippen molar-refractivity contribution in [2.45, 2.75) is 13.8 Å². The van der Waals surface area contributed by atoms with Gasteiger partial charge in [0, 0.05) is 0 Å². The van der Waals surface area contributed by atoms with Crippen molar-refractivity contribution in [3.8, 4) is 0 Å². The first-order valence-corrected chi connectivity index (χ1v) is 4.00. The van der Waals surface area contributed by atoms with Crippen LogP contribution in [0.5, 0.6) is 0 Å². The molecule has 0 aliphatic carbocycles. The van der Waals surface area contributed by atoms with Crippen molar-refractivity contribution in [2.75, 3.05) is 13.3 Å². The summed E-state index contributed by atoms with van der Waals surface area (Å²) < 4.78 is 0. The molecule has 0 saturated carbocycles. The molecule has 0 saturated heterocycles. The van der Waals surface area contributed by atoms with Gasteiger partial charge in [0.1, 0.15) is 0 Å². The van der Waals surface area contributed by atoms with Gasteiger partial charge in [0.05, 0.1) is 0 Å². The summed E-state index contributed by atoms with van der Waals surface area (Å²) in [6.07, 6.45) is 0. The second-order valence-electron chi connectivity index (χ2n) is 0.500. The minimum atomic E-state index is 1.08. The summed E-state index contributed by atoms with van der Waals surface area (Å²) in [5.74, 6) is 0. The smallest absolute Gasteiger partial charge is 0.0475 e. The fourth-order valence-corrected chi connectivity index (χ4v) is 0. The monoisotopic (exact) mass is 92.1 g/mol. The van der Waals surface area contributed by atoms with Crippen LogP contribution in [0.1, 0.15) is 13.8 Å². The number of hydrogen-bond acceptors (Lipinski definition) is 0. The van der Waals surface area contributed by atoms with Crippen LogP contribution in [0.4, 0.5) is 0 Å². The van der Waals surface area contributed by atoms with Crippen LogP contribution in [0.15, 0.2) is 0 Å². The summed E-state index contributed by atoms with van der Waals surface area (Å²) in [6.45, 7) is 8.31. The van der Waals surface area contributed by atoms with Crippen LogP contribution in [0, 0.1) is 0 Å². The van der Waals surface area contributed by atoms with Crippen molar-refractivity contribution in [1.29, 1.82) is 0 Å². The summed E-state index contributed by atoms with van der Waals surface area (Å²) in [4.78, 5) is 0. The van der Waals surface area contributed by atoms with Crippen LogP contribution in [0.2, 0.25) is 0 Å². The molecule has 5 heavy (non-hydrogen) atoms. The first kappa shape index (κ1) is 9.06. The highest BCUT2D eigenvalue weighted by Gasteiger charge is 1.33. The molecule has 0 spiro atoms. The van der Waals surface area contributed by atoms with Crippen molar-refractivity contribution in [2.24, 2.45) is 0 Å². The Morgan fingerprint density at radius 2 is 1.00 bits per heavy atom. The molecule has 0 rings (SSSR count). The SMILES string of the molecule is CC.CPC. The largest absolute Gasteiger partial charge is 0.129 e. The molecule has 34 valence electrons. The Bertz CT molecular complexity index is 3.61. The highest BCUT2D eigenvalue weighted by Crippen LogP contribution is 1.84. The molecule has 0 heterocycles. The Hall–Kier alpha value is 0.430. The average Bonchev–Trinajstić information content (AvgIpc) is 1.46. The van der Waals surface area contributed by atoms with Gasteiger partial charge >= 0.3 is 0 Å². The fraction of sp³-hybridized carbons (Fsp3) is 1.00. The van der Waals surface area contributed by atoms with Crippen LogP contribution in [-0.4, -0.2) is 13.3 Å².